The van der Waals surface area contributed by atoms with E-state index in [4.69, 9.17) is 51.1 Å². The molecule has 0 saturated heterocycles. The predicted molar refractivity (Wildman–Crippen MR) is 119 cm³/mol. The van der Waals surface area contributed by atoms with Crippen LogP contribution in [0, 0.1) is 39.9 Å². The predicted octanol–water partition coefficient (Wildman–Crippen LogP) is 6.37. The lowest BCUT2D eigenvalue weighted by molar-refractivity contribution is -0.170. The van der Waals surface area contributed by atoms with Crippen molar-refractivity contribution in [2.24, 2.45) is 28.6 Å². The van der Waals surface area contributed by atoms with E-state index in [1.807, 2.05) is 6.08 Å². The lowest BCUT2D eigenvalue weighted by Gasteiger charge is -2.58. The largest absolute Gasteiger partial charge is 0.442 e. The molecule has 0 aromatic rings. The average Bonchev–Trinajstić information content (AvgIpc) is 2.94. The zero-order valence-corrected chi connectivity index (χ0v) is 20.2. The van der Waals surface area contributed by atoms with E-state index in [2.05, 4.69) is 25.1 Å². The SMILES string of the molecule is C[C@]12CCC(=O)C=C1CC[C@@H]1[C@@H]2CC[C@@]2(C)[C@H]1CC[C@]2(C#CCl)OC(=O)C(Cl)(Cl)Cl. The van der Waals surface area contributed by atoms with E-state index in [0.29, 0.717) is 30.6 Å². The van der Waals surface area contributed by atoms with Crippen molar-refractivity contribution >= 4 is 58.2 Å². The Labute approximate surface area is 198 Å². The van der Waals surface area contributed by atoms with Crippen LogP contribution < -0.4 is 0 Å². The molecule has 4 rings (SSSR count). The second-order valence-corrected chi connectivity index (χ2v) is 12.4. The van der Waals surface area contributed by atoms with Crippen LogP contribution in [0.2, 0.25) is 0 Å². The molecule has 0 aromatic heterocycles. The summed E-state index contributed by atoms with van der Waals surface area (Å²) in [5.74, 6) is 3.72. The van der Waals surface area contributed by atoms with Crippen LogP contribution >= 0.6 is 46.4 Å². The molecule has 3 fully saturated rings. The van der Waals surface area contributed by atoms with Gasteiger partial charge in [-0.1, -0.05) is 54.2 Å². The molecule has 0 N–H and O–H groups in total. The lowest BCUT2D eigenvalue weighted by atomic mass is 9.46. The van der Waals surface area contributed by atoms with Crippen molar-refractivity contribution in [1.29, 1.82) is 0 Å². The molecular weight excluding hydrogens is 466 g/mol. The number of esters is 1. The van der Waals surface area contributed by atoms with E-state index in [-0.39, 0.29) is 16.6 Å². The molecule has 4 aliphatic carbocycles. The minimum atomic E-state index is -2.15. The summed E-state index contributed by atoms with van der Waals surface area (Å²) < 4.78 is 3.70. The molecule has 0 spiro atoms. The van der Waals surface area contributed by atoms with Gasteiger partial charge in [0.25, 0.3) is 3.79 Å². The summed E-state index contributed by atoms with van der Waals surface area (Å²) in [6.45, 7) is 4.50. The second-order valence-electron chi connectivity index (χ2n) is 9.90. The van der Waals surface area contributed by atoms with Crippen LogP contribution in [-0.2, 0) is 14.3 Å². The van der Waals surface area contributed by atoms with Gasteiger partial charge in [0.2, 0.25) is 0 Å². The van der Waals surface area contributed by atoms with Gasteiger partial charge in [-0.3, -0.25) is 4.79 Å². The molecule has 0 aliphatic heterocycles. The Morgan fingerprint density at radius 2 is 1.80 bits per heavy atom. The third-order valence-electron chi connectivity index (χ3n) is 8.83. The molecule has 3 nitrogen and oxygen atoms in total. The van der Waals surface area contributed by atoms with Crippen molar-refractivity contribution in [3.8, 4) is 11.3 Å². The maximum atomic E-state index is 12.5. The molecule has 0 radical (unpaired) electrons. The fourth-order valence-corrected chi connectivity index (χ4v) is 7.52. The van der Waals surface area contributed by atoms with E-state index in [0.717, 1.165) is 38.5 Å². The molecular formula is C23H26Cl4O3. The van der Waals surface area contributed by atoms with Gasteiger partial charge in [-0.15, -0.1) is 0 Å². The van der Waals surface area contributed by atoms with Crippen molar-refractivity contribution in [2.45, 2.75) is 74.6 Å². The molecule has 4 aliphatic rings. The number of ether oxygens (including phenoxy) is 1. The maximum Gasteiger partial charge on any atom is 0.360 e. The second kappa shape index (κ2) is 7.58. The first kappa shape index (κ1) is 22.8. The Kier molecular flexibility index (Phi) is 5.76. The Morgan fingerprint density at radius 1 is 1.10 bits per heavy atom. The van der Waals surface area contributed by atoms with Crippen LogP contribution in [0.4, 0.5) is 0 Å². The summed E-state index contributed by atoms with van der Waals surface area (Å²) >= 11 is 23.2. The number of carbonyl (C=O) groups excluding carboxylic acids is 2. The third-order valence-corrected chi connectivity index (χ3v) is 9.39. The number of hydrogen-bond donors (Lipinski definition) is 0. The van der Waals surface area contributed by atoms with Gasteiger partial charge < -0.3 is 4.74 Å². The Hall–Kier alpha value is -0.400. The van der Waals surface area contributed by atoms with Crippen LogP contribution in [-0.4, -0.2) is 21.1 Å². The lowest BCUT2D eigenvalue weighted by Crippen LogP contribution is -2.56. The monoisotopic (exact) mass is 490 g/mol. The van der Waals surface area contributed by atoms with Crippen LogP contribution in [0.1, 0.15) is 65.2 Å². The van der Waals surface area contributed by atoms with Crippen molar-refractivity contribution < 1.29 is 14.3 Å². The molecule has 30 heavy (non-hydrogen) atoms. The normalized spacial score (nSPS) is 42.8. The minimum Gasteiger partial charge on any atom is -0.442 e. The quantitative estimate of drug-likeness (QED) is 0.243. The number of halogens is 4. The number of alkyl halides is 3. The molecule has 7 heteroatoms. The van der Waals surface area contributed by atoms with Crippen LogP contribution in [0.15, 0.2) is 11.6 Å². The summed E-state index contributed by atoms with van der Waals surface area (Å²) in [7, 11) is 0. The number of allylic oxidation sites excluding steroid dienone is 1. The van der Waals surface area contributed by atoms with E-state index in [1.54, 1.807) is 0 Å². The zero-order chi connectivity index (χ0) is 21.9. The summed E-state index contributed by atoms with van der Waals surface area (Å²) in [5.41, 5.74) is 0.000757. The third kappa shape index (κ3) is 3.33. The zero-order valence-electron chi connectivity index (χ0n) is 17.2. The number of fused-ring (bicyclic) bond motifs is 5. The Balaban J connectivity index is 1.68. The van der Waals surface area contributed by atoms with Gasteiger partial charge in [0.05, 0.1) is 0 Å². The van der Waals surface area contributed by atoms with Crippen LogP contribution in [0.25, 0.3) is 0 Å². The molecule has 0 amide bonds. The number of rotatable bonds is 1. The highest BCUT2D eigenvalue weighted by molar-refractivity contribution is 6.75. The number of hydrogen-bond acceptors (Lipinski definition) is 3. The first-order valence-corrected chi connectivity index (χ1v) is 12.1. The van der Waals surface area contributed by atoms with E-state index in [9.17, 15) is 9.59 Å². The highest BCUT2D eigenvalue weighted by Gasteiger charge is 2.66. The van der Waals surface area contributed by atoms with Crippen molar-refractivity contribution in [2.75, 3.05) is 0 Å². The van der Waals surface area contributed by atoms with Gasteiger partial charge in [-0.2, -0.15) is 0 Å². The fourth-order valence-electron chi connectivity index (χ4n) is 7.25. The molecule has 0 heterocycles. The van der Waals surface area contributed by atoms with Gasteiger partial charge >= 0.3 is 5.97 Å². The maximum absolute atomic E-state index is 12.5. The average molecular weight is 492 g/mol. The standard InChI is InChI=1S/C23H26Cl4O3/c1-20-8-5-15(28)13-14(20)3-4-16-17(20)6-9-21(2)18(16)7-10-22(21,11-12-24)30-19(29)23(25,26)27/h13,16-18H,3-10H2,1-2H3/t16-,17+,18+,20+,21+,22-/m1/s1. The van der Waals surface area contributed by atoms with Crippen molar-refractivity contribution in [1.82, 2.24) is 0 Å². The molecule has 0 unspecified atom stereocenters. The number of ketones is 1. The van der Waals surface area contributed by atoms with Gasteiger partial charge in [-0.05, 0) is 91.7 Å². The van der Waals surface area contributed by atoms with Crippen molar-refractivity contribution in [3.05, 3.63) is 11.6 Å². The molecule has 3 saturated carbocycles. The van der Waals surface area contributed by atoms with E-state index < -0.39 is 15.4 Å². The number of carbonyl (C=O) groups is 2. The first-order chi connectivity index (χ1) is 14.0. The minimum absolute atomic E-state index is 0.0792. The topological polar surface area (TPSA) is 43.4 Å². The van der Waals surface area contributed by atoms with E-state index >= 15 is 0 Å². The molecule has 164 valence electrons. The van der Waals surface area contributed by atoms with Gasteiger partial charge in [-0.25, -0.2) is 4.79 Å². The van der Waals surface area contributed by atoms with Gasteiger partial charge in [0, 0.05) is 17.2 Å². The van der Waals surface area contributed by atoms with Crippen LogP contribution in [0.3, 0.4) is 0 Å². The first-order valence-electron chi connectivity index (χ1n) is 10.6. The van der Waals surface area contributed by atoms with E-state index in [1.165, 1.54) is 5.57 Å². The molecule has 0 aromatic carbocycles. The molecule has 6 atom stereocenters. The Morgan fingerprint density at radius 3 is 2.47 bits per heavy atom. The summed E-state index contributed by atoms with van der Waals surface area (Å²) in [5, 5.41) is 2.46. The fraction of sp³-hybridized carbons (Fsp3) is 0.739. The highest BCUT2D eigenvalue weighted by Crippen LogP contribution is 2.68. The van der Waals surface area contributed by atoms with Gasteiger partial charge in [0.1, 0.15) is 0 Å². The Bertz CT molecular complexity index is 866. The highest BCUT2D eigenvalue weighted by atomic mass is 35.6. The summed E-state index contributed by atoms with van der Waals surface area (Å²) in [6, 6.07) is 0. The smallest absolute Gasteiger partial charge is 0.360 e. The van der Waals surface area contributed by atoms with Crippen LogP contribution in [0.5, 0.6) is 0 Å². The molecule has 0 bridgehead atoms. The van der Waals surface area contributed by atoms with Gasteiger partial charge in [0.15, 0.2) is 11.4 Å². The summed E-state index contributed by atoms with van der Waals surface area (Å²) in [4.78, 5) is 24.5. The summed E-state index contributed by atoms with van der Waals surface area (Å²) in [6.07, 6.45) is 8.80. The van der Waals surface area contributed by atoms with Crippen molar-refractivity contribution in [3.63, 3.8) is 0 Å².